The Morgan fingerprint density at radius 2 is 1.86 bits per heavy atom. The van der Waals surface area contributed by atoms with Crippen LogP contribution < -0.4 is 9.47 Å². The van der Waals surface area contributed by atoms with Crippen LogP contribution >= 0.6 is 23.4 Å². The fraction of sp³-hybridized carbons (Fsp3) is 0.250. The van der Waals surface area contributed by atoms with E-state index in [1.807, 2.05) is 30.3 Å². The molecule has 1 heterocycles. The predicted molar refractivity (Wildman–Crippen MR) is 83.6 cm³/mol. The van der Waals surface area contributed by atoms with E-state index in [0.29, 0.717) is 18.2 Å². The van der Waals surface area contributed by atoms with E-state index < -0.39 is 6.10 Å². The Morgan fingerprint density at radius 3 is 2.57 bits per heavy atom. The van der Waals surface area contributed by atoms with E-state index in [0.717, 1.165) is 26.9 Å². The van der Waals surface area contributed by atoms with E-state index in [-0.39, 0.29) is 0 Å². The van der Waals surface area contributed by atoms with E-state index in [1.54, 1.807) is 24.8 Å². The molecule has 0 spiro atoms. The average molecular weight is 323 g/mol. The van der Waals surface area contributed by atoms with Gasteiger partial charge in [0, 0.05) is 9.79 Å². The Morgan fingerprint density at radius 1 is 1.10 bits per heavy atom. The van der Waals surface area contributed by atoms with Crippen molar-refractivity contribution in [3.8, 4) is 11.5 Å². The molecule has 110 valence electrons. The largest absolute Gasteiger partial charge is 0.486 e. The Bertz CT molecular complexity index is 658. The second-order valence-corrected chi connectivity index (χ2v) is 6.30. The number of fused-ring (bicyclic) bond motifs is 1. The molecule has 0 fully saturated rings. The van der Waals surface area contributed by atoms with Crippen molar-refractivity contribution in [1.82, 2.24) is 0 Å². The number of aliphatic hydroxyl groups is 1. The maximum Gasteiger partial charge on any atom is 0.162 e. The number of hydrogen-bond donors (Lipinski definition) is 1. The van der Waals surface area contributed by atoms with Crippen LogP contribution in [0.2, 0.25) is 5.02 Å². The summed E-state index contributed by atoms with van der Waals surface area (Å²) in [6, 6.07) is 11.5. The van der Waals surface area contributed by atoms with Crippen LogP contribution in [0.4, 0.5) is 0 Å². The zero-order valence-electron chi connectivity index (χ0n) is 11.5. The lowest BCUT2D eigenvalue weighted by atomic mass is 10.1. The van der Waals surface area contributed by atoms with Crippen LogP contribution in [0.15, 0.2) is 46.2 Å². The molecule has 1 N–H and O–H groups in total. The second kappa shape index (κ2) is 6.18. The maximum absolute atomic E-state index is 9.57. The summed E-state index contributed by atoms with van der Waals surface area (Å²) in [6.07, 6.45) is -0.518. The molecule has 0 amide bonds. The molecule has 2 aromatic carbocycles. The highest BCUT2D eigenvalue weighted by Gasteiger charge is 2.13. The monoisotopic (exact) mass is 322 g/mol. The summed E-state index contributed by atoms with van der Waals surface area (Å²) in [5, 5.41) is 10.2. The first-order chi connectivity index (χ1) is 10.1. The minimum absolute atomic E-state index is 0.518. The third-order valence-corrected chi connectivity index (χ3v) is 4.67. The van der Waals surface area contributed by atoms with E-state index in [4.69, 9.17) is 21.1 Å². The Hall–Kier alpha value is -1.36. The molecule has 21 heavy (non-hydrogen) atoms. The van der Waals surface area contributed by atoms with Crippen LogP contribution in [0.3, 0.4) is 0 Å². The topological polar surface area (TPSA) is 38.7 Å². The molecule has 3 nitrogen and oxygen atoms in total. The van der Waals surface area contributed by atoms with Gasteiger partial charge in [-0.15, -0.1) is 0 Å². The summed E-state index contributed by atoms with van der Waals surface area (Å²) in [4.78, 5) is 1.98. The first-order valence-electron chi connectivity index (χ1n) is 6.68. The van der Waals surface area contributed by atoms with Crippen molar-refractivity contribution in [3.05, 3.63) is 47.0 Å². The van der Waals surface area contributed by atoms with E-state index in [9.17, 15) is 5.11 Å². The average Bonchev–Trinajstić information content (AvgIpc) is 2.49. The number of hydrogen-bond acceptors (Lipinski definition) is 4. The Kier molecular flexibility index (Phi) is 4.29. The third kappa shape index (κ3) is 3.28. The Balaban J connectivity index is 1.83. The summed E-state index contributed by atoms with van der Waals surface area (Å²) < 4.78 is 11.1. The maximum atomic E-state index is 9.57. The standard InChI is InChI=1S/C16H15ClO3S/c1-10(18)11-2-5-16(13(17)8-11)21-12-3-4-14-15(9-12)20-7-6-19-14/h2-5,8-10,18H,6-7H2,1H3. The molecular formula is C16H15ClO3S. The van der Waals surface area contributed by atoms with Gasteiger partial charge < -0.3 is 14.6 Å². The van der Waals surface area contributed by atoms with Gasteiger partial charge in [-0.2, -0.15) is 0 Å². The number of benzene rings is 2. The fourth-order valence-corrected chi connectivity index (χ4v) is 3.23. The van der Waals surface area contributed by atoms with Crippen molar-refractivity contribution in [3.63, 3.8) is 0 Å². The van der Waals surface area contributed by atoms with Crippen LogP contribution in [0, 0.1) is 0 Å². The van der Waals surface area contributed by atoms with Gasteiger partial charge in [-0.25, -0.2) is 0 Å². The lowest BCUT2D eigenvalue weighted by Crippen LogP contribution is -2.15. The minimum Gasteiger partial charge on any atom is -0.486 e. The van der Waals surface area contributed by atoms with Crippen molar-refractivity contribution in [1.29, 1.82) is 0 Å². The number of aliphatic hydroxyl groups excluding tert-OH is 1. The summed E-state index contributed by atoms with van der Waals surface area (Å²) in [5.41, 5.74) is 0.812. The molecule has 1 aliphatic heterocycles. The lowest BCUT2D eigenvalue weighted by Gasteiger charge is -2.18. The molecule has 1 unspecified atom stereocenters. The molecule has 1 atom stereocenters. The molecule has 5 heteroatoms. The van der Waals surface area contributed by atoms with Crippen LogP contribution in [0.5, 0.6) is 11.5 Å². The predicted octanol–water partition coefficient (Wildman–Crippen LogP) is 4.32. The van der Waals surface area contributed by atoms with Crippen molar-refractivity contribution in [2.45, 2.75) is 22.8 Å². The molecule has 0 saturated heterocycles. The molecule has 2 aromatic rings. The molecule has 0 aromatic heterocycles. The lowest BCUT2D eigenvalue weighted by molar-refractivity contribution is 0.171. The van der Waals surface area contributed by atoms with Crippen LogP contribution in [0.25, 0.3) is 0 Å². The van der Waals surface area contributed by atoms with Crippen molar-refractivity contribution in [2.75, 3.05) is 13.2 Å². The highest BCUT2D eigenvalue weighted by molar-refractivity contribution is 7.99. The number of halogens is 1. The van der Waals surface area contributed by atoms with Gasteiger partial charge in [0.1, 0.15) is 13.2 Å². The quantitative estimate of drug-likeness (QED) is 0.913. The molecule has 1 aliphatic rings. The summed E-state index contributed by atoms with van der Waals surface area (Å²) in [7, 11) is 0. The number of rotatable bonds is 3. The van der Waals surface area contributed by atoms with E-state index in [2.05, 4.69) is 0 Å². The molecule has 0 aliphatic carbocycles. The van der Waals surface area contributed by atoms with Gasteiger partial charge >= 0.3 is 0 Å². The first-order valence-corrected chi connectivity index (χ1v) is 7.88. The van der Waals surface area contributed by atoms with E-state index in [1.165, 1.54) is 0 Å². The molecule has 3 rings (SSSR count). The van der Waals surface area contributed by atoms with Gasteiger partial charge in [0.05, 0.1) is 11.1 Å². The summed E-state index contributed by atoms with van der Waals surface area (Å²) in [5.74, 6) is 1.55. The summed E-state index contributed by atoms with van der Waals surface area (Å²) in [6.45, 7) is 2.89. The highest BCUT2D eigenvalue weighted by atomic mass is 35.5. The van der Waals surface area contributed by atoms with Gasteiger partial charge in [0.15, 0.2) is 11.5 Å². The van der Waals surface area contributed by atoms with Crippen LogP contribution in [0.1, 0.15) is 18.6 Å². The van der Waals surface area contributed by atoms with Crippen LogP contribution in [-0.2, 0) is 0 Å². The van der Waals surface area contributed by atoms with E-state index >= 15 is 0 Å². The molecule has 0 radical (unpaired) electrons. The van der Waals surface area contributed by atoms with Gasteiger partial charge in [-0.05, 0) is 42.8 Å². The van der Waals surface area contributed by atoms with Gasteiger partial charge in [0.2, 0.25) is 0 Å². The van der Waals surface area contributed by atoms with Crippen LogP contribution in [-0.4, -0.2) is 18.3 Å². The first kappa shape index (κ1) is 14.6. The number of ether oxygens (including phenoxy) is 2. The zero-order chi connectivity index (χ0) is 14.8. The molecule has 0 saturated carbocycles. The van der Waals surface area contributed by atoms with Crippen molar-refractivity contribution in [2.24, 2.45) is 0 Å². The summed E-state index contributed by atoms with van der Waals surface area (Å²) >= 11 is 7.84. The van der Waals surface area contributed by atoms with Gasteiger partial charge in [-0.1, -0.05) is 29.4 Å². The molecule has 0 bridgehead atoms. The van der Waals surface area contributed by atoms with Crippen molar-refractivity contribution >= 4 is 23.4 Å². The third-order valence-electron chi connectivity index (χ3n) is 3.18. The highest BCUT2D eigenvalue weighted by Crippen LogP contribution is 2.39. The zero-order valence-corrected chi connectivity index (χ0v) is 13.1. The normalized spacial score (nSPS) is 14.8. The minimum atomic E-state index is -0.518. The van der Waals surface area contributed by atoms with Gasteiger partial charge in [0.25, 0.3) is 0 Å². The van der Waals surface area contributed by atoms with Crippen molar-refractivity contribution < 1.29 is 14.6 Å². The molecular weight excluding hydrogens is 308 g/mol. The fourth-order valence-electron chi connectivity index (χ4n) is 2.07. The Labute approximate surface area is 132 Å². The smallest absolute Gasteiger partial charge is 0.162 e. The van der Waals surface area contributed by atoms with Gasteiger partial charge in [-0.3, -0.25) is 0 Å². The SMILES string of the molecule is CC(O)c1ccc(Sc2ccc3c(c2)OCCO3)c(Cl)c1. The second-order valence-electron chi connectivity index (χ2n) is 4.77.